The monoisotopic (exact) mass is 305 g/mol. The van der Waals surface area contributed by atoms with Crippen LogP contribution in [0, 0.1) is 5.92 Å². The van der Waals surface area contributed by atoms with Crippen molar-refractivity contribution in [3.8, 4) is 0 Å². The largest absolute Gasteiger partial charge is 0.356 e. The van der Waals surface area contributed by atoms with Gasteiger partial charge in [-0.3, -0.25) is 0 Å². The van der Waals surface area contributed by atoms with Crippen LogP contribution in [-0.2, 0) is 0 Å². The lowest BCUT2D eigenvalue weighted by Crippen LogP contribution is -2.34. The van der Waals surface area contributed by atoms with Crippen LogP contribution in [0.4, 0.5) is 5.82 Å². The van der Waals surface area contributed by atoms with Crippen LogP contribution in [0.3, 0.4) is 0 Å². The molecule has 18 heavy (non-hydrogen) atoms. The molecule has 0 unspecified atom stereocenters. The number of hydrogen-bond acceptors (Lipinski definition) is 3. The van der Waals surface area contributed by atoms with Gasteiger partial charge in [-0.15, -0.1) is 0 Å². The zero-order valence-corrected chi connectivity index (χ0v) is 12.0. The predicted octanol–water partition coefficient (Wildman–Crippen LogP) is 3.63. The summed E-state index contributed by atoms with van der Waals surface area (Å²) in [6, 6.07) is 6.18. The van der Waals surface area contributed by atoms with Gasteiger partial charge in [0, 0.05) is 22.9 Å². The highest BCUT2D eigenvalue weighted by atomic mass is 79.9. The summed E-state index contributed by atoms with van der Waals surface area (Å²) in [7, 11) is 0. The molecule has 0 saturated carbocycles. The summed E-state index contributed by atoms with van der Waals surface area (Å²) in [4.78, 5) is 11.2. The van der Waals surface area contributed by atoms with Crippen LogP contribution in [0.25, 0.3) is 10.9 Å². The van der Waals surface area contributed by atoms with Gasteiger partial charge >= 0.3 is 0 Å². The highest BCUT2D eigenvalue weighted by Crippen LogP contribution is 2.29. The third kappa shape index (κ3) is 2.21. The summed E-state index contributed by atoms with van der Waals surface area (Å²) in [5, 5.41) is 1.14. The maximum absolute atomic E-state index is 4.50. The van der Waals surface area contributed by atoms with Crippen molar-refractivity contribution in [2.24, 2.45) is 5.92 Å². The molecular formula is C14H16BrN3. The molecule has 1 aromatic carbocycles. The van der Waals surface area contributed by atoms with E-state index in [1.807, 2.05) is 12.1 Å². The van der Waals surface area contributed by atoms with Gasteiger partial charge in [0.1, 0.15) is 12.1 Å². The van der Waals surface area contributed by atoms with E-state index in [1.165, 1.54) is 12.8 Å². The lowest BCUT2D eigenvalue weighted by molar-refractivity contribution is 0.445. The third-order valence-electron chi connectivity index (χ3n) is 3.53. The minimum atomic E-state index is 0.746. The second-order valence-electron chi connectivity index (χ2n) is 5.05. The molecule has 4 heteroatoms. The molecule has 1 atom stereocenters. The van der Waals surface area contributed by atoms with Gasteiger partial charge in [0.25, 0.3) is 0 Å². The number of benzene rings is 1. The van der Waals surface area contributed by atoms with Crippen molar-refractivity contribution in [1.29, 1.82) is 0 Å². The summed E-state index contributed by atoms with van der Waals surface area (Å²) >= 11 is 3.53. The fraction of sp³-hybridized carbons (Fsp3) is 0.429. The lowest BCUT2D eigenvalue weighted by Gasteiger charge is -2.32. The Balaban J connectivity index is 2.07. The molecule has 0 N–H and O–H groups in total. The second-order valence-corrected chi connectivity index (χ2v) is 5.97. The van der Waals surface area contributed by atoms with Crippen LogP contribution in [-0.4, -0.2) is 23.1 Å². The van der Waals surface area contributed by atoms with Gasteiger partial charge < -0.3 is 4.90 Å². The van der Waals surface area contributed by atoms with E-state index in [-0.39, 0.29) is 0 Å². The maximum Gasteiger partial charge on any atom is 0.139 e. The fourth-order valence-electron chi connectivity index (χ4n) is 2.65. The molecule has 0 bridgehead atoms. The fourth-order valence-corrected chi connectivity index (χ4v) is 3.01. The lowest BCUT2D eigenvalue weighted by atomic mass is 10.00. The minimum Gasteiger partial charge on any atom is -0.356 e. The van der Waals surface area contributed by atoms with Gasteiger partial charge in [-0.1, -0.05) is 22.9 Å². The Hall–Kier alpha value is -1.16. The van der Waals surface area contributed by atoms with Crippen molar-refractivity contribution in [3.05, 3.63) is 29.0 Å². The quantitative estimate of drug-likeness (QED) is 0.805. The van der Waals surface area contributed by atoms with Crippen LogP contribution in [0.15, 0.2) is 29.0 Å². The highest BCUT2D eigenvalue weighted by Gasteiger charge is 2.19. The van der Waals surface area contributed by atoms with Crippen LogP contribution >= 0.6 is 15.9 Å². The number of fused-ring (bicyclic) bond motifs is 1. The molecule has 0 radical (unpaired) electrons. The molecule has 2 aromatic rings. The molecule has 0 aliphatic carbocycles. The van der Waals surface area contributed by atoms with Crippen LogP contribution in [0.5, 0.6) is 0 Å². The van der Waals surface area contributed by atoms with Gasteiger partial charge in [-0.25, -0.2) is 9.97 Å². The molecule has 0 spiro atoms. The van der Waals surface area contributed by atoms with Gasteiger partial charge in [0.15, 0.2) is 0 Å². The number of piperidine rings is 1. The van der Waals surface area contributed by atoms with Crippen molar-refractivity contribution in [2.45, 2.75) is 19.8 Å². The Morgan fingerprint density at radius 1 is 1.33 bits per heavy atom. The molecule has 3 rings (SSSR count). The molecule has 1 aliphatic heterocycles. The minimum absolute atomic E-state index is 0.746. The number of halogens is 1. The first kappa shape index (κ1) is 11.9. The first-order valence-corrected chi connectivity index (χ1v) is 7.18. The van der Waals surface area contributed by atoms with Crippen molar-refractivity contribution >= 4 is 32.7 Å². The Labute approximate surface area is 115 Å². The molecule has 94 valence electrons. The van der Waals surface area contributed by atoms with E-state index in [9.17, 15) is 0 Å². The van der Waals surface area contributed by atoms with Gasteiger partial charge in [-0.05, 0) is 37.0 Å². The van der Waals surface area contributed by atoms with Gasteiger partial charge in [0.05, 0.1) is 5.52 Å². The first-order chi connectivity index (χ1) is 8.74. The summed E-state index contributed by atoms with van der Waals surface area (Å²) < 4.78 is 1.08. The normalized spacial score (nSPS) is 20.3. The molecule has 1 fully saturated rings. The topological polar surface area (TPSA) is 29.0 Å². The van der Waals surface area contributed by atoms with E-state index in [0.717, 1.165) is 40.2 Å². The second kappa shape index (κ2) is 4.84. The summed E-state index contributed by atoms with van der Waals surface area (Å²) in [6.07, 6.45) is 4.24. The maximum atomic E-state index is 4.50. The van der Waals surface area contributed by atoms with E-state index in [2.05, 4.69) is 43.8 Å². The summed E-state index contributed by atoms with van der Waals surface area (Å²) in [5.74, 6) is 1.82. The smallest absolute Gasteiger partial charge is 0.139 e. The zero-order valence-electron chi connectivity index (χ0n) is 10.4. The zero-order chi connectivity index (χ0) is 12.5. The van der Waals surface area contributed by atoms with E-state index in [0.29, 0.717) is 0 Å². The molecule has 1 saturated heterocycles. The Kier molecular flexibility index (Phi) is 3.20. The van der Waals surface area contributed by atoms with Crippen molar-refractivity contribution < 1.29 is 0 Å². The SMILES string of the molecule is C[C@H]1CCCN(c2ncnc3ccc(Br)cc23)C1. The van der Waals surface area contributed by atoms with Gasteiger partial charge in [-0.2, -0.15) is 0 Å². The van der Waals surface area contributed by atoms with Crippen LogP contribution in [0.2, 0.25) is 0 Å². The highest BCUT2D eigenvalue weighted by molar-refractivity contribution is 9.10. The number of nitrogens with zero attached hydrogens (tertiary/aromatic N) is 3. The Morgan fingerprint density at radius 3 is 3.06 bits per heavy atom. The van der Waals surface area contributed by atoms with Crippen molar-refractivity contribution in [1.82, 2.24) is 9.97 Å². The number of aromatic nitrogens is 2. The molecule has 0 amide bonds. The third-order valence-corrected chi connectivity index (χ3v) is 4.03. The molecule has 1 aromatic heterocycles. The molecule has 1 aliphatic rings. The predicted molar refractivity (Wildman–Crippen MR) is 77.8 cm³/mol. The van der Waals surface area contributed by atoms with Crippen LogP contribution in [0.1, 0.15) is 19.8 Å². The summed E-state index contributed by atoms with van der Waals surface area (Å²) in [5.41, 5.74) is 1.02. The molecular weight excluding hydrogens is 290 g/mol. The molecule has 3 nitrogen and oxygen atoms in total. The number of rotatable bonds is 1. The van der Waals surface area contributed by atoms with E-state index in [4.69, 9.17) is 0 Å². The molecule has 2 heterocycles. The number of anilines is 1. The summed E-state index contributed by atoms with van der Waals surface area (Å²) in [6.45, 7) is 4.51. The van der Waals surface area contributed by atoms with E-state index >= 15 is 0 Å². The average Bonchev–Trinajstić information content (AvgIpc) is 2.38. The average molecular weight is 306 g/mol. The van der Waals surface area contributed by atoms with Crippen LogP contribution < -0.4 is 4.90 Å². The van der Waals surface area contributed by atoms with Crippen molar-refractivity contribution in [2.75, 3.05) is 18.0 Å². The Bertz CT molecular complexity index is 570. The Morgan fingerprint density at radius 2 is 2.22 bits per heavy atom. The van der Waals surface area contributed by atoms with Gasteiger partial charge in [0.2, 0.25) is 0 Å². The first-order valence-electron chi connectivity index (χ1n) is 6.39. The number of hydrogen-bond donors (Lipinski definition) is 0. The van der Waals surface area contributed by atoms with E-state index < -0.39 is 0 Å². The van der Waals surface area contributed by atoms with Crippen molar-refractivity contribution in [3.63, 3.8) is 0 Å². The standard InChI is InChI=1S/C14H16BrN3/c1-10-3-2-6-18(8-10)14-12-7-11(15)4-5-13(12)16-9-17-14/h4-5,7,9-10H,2-3,6,8H2,1H3/t10-/m0/s1. The van der Waals surface area contributed by atoms with E-state index in [1.54, 1.807) is 6.33 Å².